The third-order valence-electron chi connectivity index (χ3n) is 2.74. The number of carbonyl (C=O) groups excluding carboxylic acids is 1. The number of aliphatic hydroxyl groups is 1. The number of nitrogens with zero attached hydrogens (tertiary/aromatic N) is 2. The van der Waals surface area contributed by atoms with Crippen molar-refractivity contribution in [3.63, 3.8) is 0 Å². The van der Waals surface area contributed by atoms with Crippen molar-refractivity contribution < 1.29 is 19.6 Å². The highest BCUT2D eigenvalue weighted by atomic mass is 79.9. The quantitative estimate of drug-likeness (QED) is 0.488. The Bertz CT molecular complexity index is 622. The van der Waals surface area contributed by atoms with E-state index in [0.29, 0.717) is 0 Å². The van der Waals surface area contributed by atoms with Gasteiger partial charge < -0.3 is 14.4 Å². The van der Waals surface area contributed by atoms with Gasteiger partial charge in [0.1, 0.15) is 0 Å². The summed E-state index contributed by atoms with van der Waals surface area (Å²) in [6.07, 6.45) is 0.986. The van der Waals surface area contributed by atoms with Crippen LogP contribution in [0, 0.1) is 17.0 Å². The van der Waals surface area contributed by atoms with Crippen molar-refractivity contribution in [1.29, 1.82) is 0 Å². The number of nitro groups is 1. The average Bonchev–Trinajstić information content (AvgIpc) is 2.37. The van der Waals surface area contributed by atoms with Crippen molar-refractivity contribution in [3.8, 4) is 0 Å². The molecule has 1 atom stereocenters. The third kappa shape index (κ3) is 3.05. The molecule has 1 heterocycles. The van der Waals surface area contributed by atoms with E-state index in [1.165, 1.54) is 6.92 Å². The Morgan fingerprint density at radius 1 is 1.65 bits per heavy atom. The summed E-state index contributed by atoms with van der Waals surface area (Å²) in [5.41, 5.74) is -2.68. The number of pyridine rings is 1. The number of hydrogen-bond donors (Lipinski definition) is 1. The normalized spacial score (nSPS) is 13.7. The first-order valence-corrected chi connectivity index (χ1v) is 6.26. The zero-order chi connectivity index (χ0) is 15.7. The van der Waals surface area contributed by atoms with Crippen LogP contribution in [0.5, 0.6) is 0 Å². The van der Waals surface area contributed by atoms with Gasteiger partial charge in [0.05, 0.1) is 29.2 Å². The van der Waals surface area contributed by atoms with Gasteiger partial charge in [0.15, 0.2) is 5.60 Å². The number of hydrogen-bond acceptors (Lipinski definition) is 6. The van der Waals surface area contributed by atoms with Gasteiger partial charge >= 0.3 is 5.97 Å². The van der Waals surface area contributed by atoms with Gasteiger partial charge in [-0.05, 0) is 29.8 Å². The molecule has 0 aromatic carbocycles. The molecule has 110 valence electrons. The summed E-state index contributed by atoms with van der Waals surface area (Å²) in [5, 5.41) is 20.8. The van der Waals surface area contributed by atoms with Crippen LogP contribution in [-0.4, -0.2) is 33.3 Å². The van der Waals surface area contributed by atoms with E-state index in [1.54, 1.807) is 0 Å². The summed E-state index contributed by atoms with van der Waals surface area (Å²) < 4.78 is 5.31. The fourth-order valence-electron chi connectivity index (χ4n) is 1.62. The number of aromatic nitrogens is 1. The first-order valence-electron chi connectivity index (χ1n) is 5.46. The fourth-order valence-corrected chi connectivity index (χ4v) is 2.05. The lowest BCUT2D eigenvalue weighted by Crippen LogP contribution is -2.43. The monoisotopic (exact) mass is 348 g/mol. The van der Waals surface area contributed by atoms with Gasteiger partial charge in [-0.3, -0.25) is 14.9 Å². The van der Waals surface area contributed by atoms with Gasteiger partial charge in [-0.25, -0.2) is 4.79 Å². The van der Waals surface area contributed by atoms with Crippen LogP contribution in [-0.2, 0) is 16.1 Å². The Labute approximate surface area is 122 Å². The van der Waals surface area contributed by atoms with Crippen LogP contribution in [0.3, 0.4) is 0 Å². The molecule has 1 aromatic heterocycles. The minimum Gasteiger partial charge on any atom is -0.467 e. The molecular weight excluding hydrogens is 336 g/mol. The molecule has 0 aliphatic carbocycles. The van der Waals surface area contributed by atoms with Crippen molar-refractivity contribution in [3.05, 3.63) is 36.7 Å². The topological polar surface area (TPSA) is 112 Å². The largest absolute Gasteiger partial charge is 0.467 e. The zero-order valence-corrected chi connectivity index (χ0v) is 12.6. The van der Waals surface area contributed by atoms with Crippen LogP contribution < -0.4 is 5.56 Å². The molecule has 8 nitrogen and oxygen atoms in total. The molecule has 0 saturated carbocycles. The lowest BCUT2D eigenvalue weighted by molar-refractivity contribution is -0.386. The van der Waals surface area contributed by atoms with Crippen LogP contribution in [0.25, 0.3) is 0 Å². The van der Waals surface area contributed by atoms with Gasteiger partial charge in [0.25, 0.3) is 11.2 Å². The number of carbonyl (C=O) groups is 1. The smallest absolute Gasteiger partial charge is 0.339 e. The average molecular weight is 349 g/mol. The maximum absolute atomic E-state index is 12.0. The second kappa shape index (κ2) is 5.71. The summed E-state index contributed by atoms with van der Waals surface area (Å²) >= 11 is 2.98. The van der Waals surface area contributed by atoms with E-state index in [0.717, 1.165) is 24.8 Å². The number of rotatable bonds is 4. The van der Waals surface area contributed by atoms with Crippen LogP contribution >= 0.6 is 15.9 Å². The van der Waals surface area contributed by atoms with E-state index < -0.39 is 28.6 Å². The van der Waals surface area contributed by atoms with Crippen molar-refractivity contribution in [2.45, 2.75) is 26.0 Å². The molecule has 1 aromatic rings. The van der Waals surface area contributed by atoms with E-state index in [-0.39, 0.29) is 15.7 Å². The molecule has 1 N–H and O–H groups in total. The molecule has 0 radical (unpaired) electrons. The SMILES string of the molecule is COC(=O)C(C)(O)Cn1cc([N+](=O)[O-])c(C)c(Br)c1=O. The van der Waals surface area contributed by atoms with Gasteiger partial charge in [0, 0.05) is 5.56 Å². The molecule has 1 unspecified atom stereocenters. The Hall–Kier alpha value is -1.74. The van der Waals surface area contributed by atoms with E-state index in [4.69, 9.17) is 0 Å². The van der Waals surface area contributed by atoms with Crippen molar-refractivity contribution in [1.82, 2.24) is 4.57 Å². The molecule has 0 amide bonds. The minimum absolute atomic E-state index is 0.00682. The third-order valence-corrected chi connectivity index (χ3v) is 3.67. The van der Waals surface area contributed by atoms with Gasteiger partial charge in [0.2, 0.25) is 0 Å². The molecule has 0 saturated heterocycles. The predicted molar refractivity (Wildman–Crippen MR) is 72.4 cm³/mol. The van der Waals surface area contributed by atoms with Gasteiger partial charge in [-0.1, -0.05) is 0 Å². The Balaban J connectivity index is 3.37. The highest BCUT2D eigenvalue weighted by Gasteiger charge is 2.33. The maximum atomic E-state index is 12.0. The molecule has 0 fully saturated rings. The fraction of sp³-hybridized carbons (Fsp3) is 0.455. The van der Waals surface area contributed by atoms with Crippen LogP contribution in [0.15, 0.2) is 15.5 Å². The maximum Gasteiger partial charge on any atom is 0.339 e. The van der Waals surface area contributed by atoms with Gasteiger partial charge in [-0.15, -0.1) is 0 Å². The molecule has 9 heteroatoms. The van der Waals surface area contributed by atoms with E-state index in [9.17, 15) is 24.8 Å². The molecule has 0 bridgehead atoms. The number of esters is 1. The molecule has 1 rings (SSSR count). The number of halogens is 1. The summed E-state index contributed by atoms with van der Waals surface area (Å²) in [4.78, 5) is 33.6. The van der Waals surface area contributed by atoms with Crippen molar-refractivity contribution in [2.24, 2.45) is 0 Å². The molecule has 0 aliphatic heterocycles. The summed E-state index contributed by atoms with van der Waals surface area (Å²) in [5.74, 6) is -0.941. The molecule has 0 spiro atoms. The first kappa shape index (κ1) is 16.3. The molecular formula is C11H13BrN2O6. The highest BCUT2D eigenvalue weighted by Crippen LogP contribution is 2.23. The Morgan fingerprint density at radius 3 is 2.65 bits per heavy atom. The number of methoxy groups -OCH3 is 1. The van der Waals surface area contributed by atoms with Crippen LogP contribution in [0.2, 0.25) is 0 Å². The summed E-state index contributed by atoms with van der Waals surface area (Å²) in [6, 6.07) is 0. The van der Waals surface area contributed by atoms with Crippen LogP contribution in [0.1, 0.15) is 12.5 Å². The summed E-state index contributed by atoms with van der Waals surface area (Å²) in [7, 11) is 1.09. The minimum atomic E-state index is -1.97. The van der Waals surface area contributed by atoms with E-state index in [2.05, 4.69) is 20.7 Å². The molecule has 20 heavy (non-hydrogen) atoms. The lowest BCUT2D eigenvalue weighted by atomic mass is 10.1. The van der Waals surface area contributed by atoms with E-state index >= 15 is 0 Å². The second-order valence-electron chi connectivity index (χ2n) is 4.41. The van der Waals surface area contributed by atoms with Crippen molar-refractivity contribution >= 4 is 27.6 Å². The molecule has 0 aliphatic rings. The summed E-state index contributed by atoms with van der Waals surface area (Å²) in [6.45, 7) is 2.12. The Kier molecular flexibility index (Phi) is 4.66. The number of ether oxygens (including phenoxy) is 1. The second-order valence-corrected chi connectivity index (χ2v) is 5.20. The highest BCUT2D eigenvalue weighted by molar-refractivity contribution is 9.10. The Morgan fingerprint density at radius 2 is 2.20 bits per heavy atom. The van der Waals surface area contributed by atoms with Crippen LogP contribution in [0.4, 0.5) is 5.69 Å². The zero-order valence-electron chi connectivity index (χ0n) is 11.0. The standard InChI is InChI=1S/C11H13BrN2O6/c1-6-7(14(18)19)4-13(9(15)8(6)12)5-11(2,17)10(16)20-3/h4,17H,5H2,1-3H3. The van der Waals surface area contributed by atoms with Crippen molar-refractivity contribution in [2.75, 3.05) is 7.11 Å². The lowest BCUT2D eigenvalue weighted by Gasteiger charge is -2.21. The first-order chi connectivity index (χ1) is 9.11. The van der Waals surface area contributed by atoms with Gasteiger partial charge in [-0.2, -0.15) is 0 Å². The van der Waals surface area contributed by atoms with E-state index in [1.807, 2.05) is 0 Å². The predicted octanol–water partition coefficient (Wildman–Crippen LogP) is 0.751.